The first kappa shape index (κ1) is 22.3. The molecule has 2 N–H and O–H groups in total. The number of rotatable bonds is 8. The number of nitrogens with zero attached hydrogens (tertiary/aromatic N) is 1. The monoisotopic (exact) mass is 416 g/mol. The first-order valence-electron chi connectivity index (χ1n) is 8.75. The van der Waals surface area contributed by atoms with E-state index in [4.69, 9.17) is 9.47 Å². The van der Waals surface area contributed by atoms with E-state index in [2.05, 4.69) is 5.32 Å². The zero-order chi connectivity index (χ0) is 22.3. The summed E-state index contributed by atoms with van der Waals surface area (Å²) >= 11 is 0. The molecule has 30 heavy (non-hydrogen) atoms. The van der Waals surface area contributed by atoms with Gasteiger partial charge < -0.3 is 19.9 Å². The molecule has 2 aromatic carbocycles. The molecule has 0 aliphatic rings. The minimum absolute atomic E-state index is 0.0366. The minimum Gasteiger partial charge on any atom is -0.508 e. The topological polar surface area (TPSA) is 145 Å². The van der Waals surface area contributed by atoms with Gasteiger partial charge in [-0.25, -0.2) is 4.79 Å². The summed E-state index contributed by atoms with van der Waals surface area (Å²) in [6, 6.07) is 9.32. The molecular weight excluding hydrogens is 396 g/mol. The van der Waals surface area contributed by atoms with Crippen molar-refractivity contribution in [2.75, 3.05) is 14.2 Å². The van der Waals surface area contributed by atoms with Crippen LogP contribution in [0, 0.1) is 10.1 Å². The van der Waals surface area contributed by atoms with E-state index in [-0.39, 0.29) is 23.4 Å². The molecule has 158 valence electrons. The average molecular weight is 416 g/mol. The SMILES string of the molecule is COC(=O)C[C@@H](c1ccc([N+](=O)[O-])cc1)[C@@H](NC(=O)c1ccc(O)cc1)C(=O)OC. The Hall–Kier alpha value is -3.95. The number of nitrogens with one attached hydrogen (secondary N) is 1. The van der Waals surface area contributed by atoms with Crippen molar-refractivity contribution < 1.29 is 33.9 Å². The van der Waals surface area contributed by atoms with Crippen molar-refractivity contribution in [1.82, 2.24) is 5.32 Å². The molecule has 10 heteroatoms. The van der Waals surface area contributed by atoms with E-state index in [0.29, 0.717) is 5.56 Å². The molecule has 0 unspecified atom stereocenters. The van der Waals surface area contributed by atoms with Crippen molar-refractivity contribution in [3.05, 3.63) is 69.8 Å². The third-order valence-corrected chi connectivity index (χ3v) is 4.42. The number of carbonyl (C=O) groups is 3. The van der Waals surface area contributed by atoms with Crippen LogP contribution in [-0.4, -0.2) is 48.1 Å². The molecule has 0 saturated heterocycles. The van der Waals surface area contributed by atoms with Gasteiger partial charge >= 0.3 is 11.9 Å². The number of phenols is 1. The maximum atomic E-state index is 12.6. The number of hydrogen-bond acceptors (Lipinski definition) is 8. The molecule has 0 fully saturated rings. The molecule has 0 spiro atoms. The standard InChI is InChI=1S/C20H20N2O8/c1-29-17(24)11-16(12-3-7-14(8-4-12)22(27)28)18(20(26)30-2)21-19(25)13-5-9-15(23)10-6-13/h3-10,16,18,23H,11H2,1-2H3,(H,21,25)/t16-,18+/m0/s1. The van der Waals surface area contributed by atoms with Crippen LogP contribution in [0.3, 0.4) is 0 Å². The number of amides is 1. The van der Waals surface area contributed by atoms with Crippen LogP contribution in [0.4, 0.5) is 5.69 Å². The molecule has 2 atom stereocenters. The minimum atomic E-state index is -1.28. The van der Waals surface area contributed by atoms with Gasteiger partial charge in [-0.2, -0.15) is 0 Å². The molecule has 2 aromatic rings. The maximum Gasteiger partial charge on any atom is 0.329 e. The third kappa shape index (κ3) is 5.53. The summed E-state index contributed by atoms with van der Waals surface area (Å²) in [7, 11) is 2.31. The second kappa shape index (κ2) is 10.0. The number of hydrogen-bond donors (Lipinski definition) is 2. The Bertz CT molecular complexity index is 925. The second-order valence-corrected chi connectivity index (χ2v) is 6.26. The zero-order valence-corrected chi connectivity index (χ0v) is 16.2. The van der Waals surface area contributed by atoms with Crippen molar-refractivity contribution in [1.29, 1.82) is 0 Å². The van der Waals surface area contributed by atoms with Crippen LogP contribution in [0.1, 0.15) is 28.3 Å². The number of carbonyl (C=O) groups excluding carboxylic acids is 3. The van der Waals surface area contributed by atoms with Gasteiger partial charge in [-0.15, -0.1) is 0 Å². The number of nitro groups is 1. The van der Waals surface area contributed by atoms with Gasteiger partial charge in [0, 0.05) is 23.6 Å². The van der Waals surface area contributed by atoms with Crippen LogP contribution in [-0.2, 0) is 19.1 Å². The average Bonchev–Trinajstić information content (AvgIpc) is 2.75. The second-order valence-electron chi connectivity index (χ2n) is 6.26. The lowest BCUT2D eigenvalue weighted by molar-refractivity contribution is -0.384. The van der Waals surface area contributed by atoms with Crippen LogP contribution < -0.4 is 5.32 Å². The first-order chi connectivity index (χ1) is 14.3. The predicted octanol–water partition coefficient (Wildman–Crippen LogP) is 1.92. The quantitative estimate of drug-likeness (QED) is 0.377. The molecule has 0 saturated carbocycles. The Morgan fingerprint density at radius 2 is 1.63 bits per heavy atom. The van der Waals surface area contributed by atoms with Crippen LogP contribution in [0.5, 0.6) is 5.75 Å². The maximum absolute atomic E-state index is 12.6. The summed E-state index contributed by atoms with van der Waals surface area (Å²) in [6.07, 6.45) is -0.288. The summed E-state index contributed by atoms with van der Waals surface area (Å²) in [5.74, 6) is -3.04. The molecule has 2 rings (SSSR count). The fourth-order valence-electron chi connectivity index (χ4n) is 2.82. The number of phenolic OH excluding ortho intramolecular Hbond substituents is 1. The molecular formula is C20H20N2O8. The highest BCUT2D eigenvalue weighted by Gasteiger charge is 2.34. The Kier molecular flexibility index (Phi) is 7.45. The first-order valence-corrected chi connectivity index (χ1v) is 8.75. The van der Waals surface area contributed by atoms with E-state index >= 15 is 0 Å². The summed E-state index contributed by atoms with van der Waals surface area (Å²) in [5.41, 5.74) is 0.396. The number of aromatic hydroxyl groups is 1. The van der Waals surface area contributed by atoms with Crippen molar-refractivity contribution in [2.45, 2.75) is 18.4 Å². The molecule has 0 bridgehead atoms. The van der Waals surface area contributed by atoms with Crippen LogP contribution >= 0.6 is 0 Å². The van der Waals surface area contributed by atoms with E-state index in [1.54, 1.807) is 0 Å². The largest absolute Gasteiger partial charge is 0.508 e. The van der Waals surface area contributed by atoms with Gasteiger partial charge in [0.2, 0.25) is 0 Å². The summed E-state index contributed by atoms with van der Waals surface area (Å²) in [5, 5.41) is 22.8. The lowest BCUT2D eigenvalue weighted by Crippen LogP contribution is -2.46. The normalized spacial score (nSPS) is 12.3. The molecule has 0 radical (unpaired) electrons. The summed E-state index contributed by atoms with van der Waals surface area (Å²) in [6.45, 7) is 0. The Labute approximate surface area is 171 Å². The van der Waals surface area contributed by atoms with Crippen molar-refractivity contribution in [2.24, 2.45) is 0 Å². The molecule has 1 amide bonds. The van der Waals surface area contributed by atoms with E-state index < -0.39 is 34.7 Å². The third-order valence-electron chi connectivity index (χ3n) is 4.42. The lowest BCUT2D eigenvalue weighted by atomic mass is 9.88. The lowest BCUT2D eigenvalue weighted by Gasteiger charge is -2.26. The van der Waals surface area contributed by atoms with Crippen LogP contribution in [0.2, 0.25) is 0 Å². The van der Waals surface area contributed by atoms with Crippen LogP contribution in [0.15, 0.2) is 48.5 Å². The van der Waals surface area contributed by atoms with E-state index in [9.17, 15) is 29.6 Å². The Morgan fingerprint density at radius 1 is 1.03 bits per heavy atom. The molecule has 0 aliphatic heterocycles. The highest BCUT2D eigenvalue weighted by molar-refractivity contribution is 5.97. The van der Waals surface area contributed by atoms with Gasteiger partial charge in [0.05, 0.1) is 25.6 Å². The van der Waals surface area contributed by atoms with Gasteiger partial charge in [0.15, 0.2) is 0 Å². The van der Waals surface area contributed by atoms with Gasteiger partial charge in [-0.05, 0) is 29.8 Å². The van der Waals surface area contributed by atoms with Crippen molar-refractivity contribution in [3.63, 3.8) is 0 Å². The van der Waals surface area contributed by atoms with Crippen molar-refractivity contribution in [3.8, 4) is 5.75 Å². The molecule has 10 nitrogen and oxygen atoms in total. The number of esters is 2. The highest BCUT2D eigenvalue weighted by Crippen LogP contribution is 2.27. The van der Waals surface area contributed by atoms with Gasteiger partial charge in [-0.3, -0.25) is 19.7 Å². The predicted molar refractivity (Wildman–Crippen MR) is 104 cm³/mol. The Balaban J connectivity index is 2.40. The number of non-ortho nitro benzene ring substituents is 1. The van der Waals surface area contributed by atoms with Crippen LogP contribution in [0.25, 0.3) is 0 Å². The highest BCUT2D eigenvalue weighted by atomic mass is 16.6. The number of benzene rings is 2. The molecule has 0 heterocycles. The van der Waals surface area contributed by atoms with Gasteiger partial charge in [0.25, 0.3) is 11.6 Å². The fraction of sp³-hybridized carbons (Fsp3) is 0.250. The molecule has 0 aromatic heterocycles. The number of nitro benzene ring substituents is 1. The summed E-state index contributed by atoms with van der Waals surface area (Å²) < 4.78 is 9.48. The molecule has 0 aliphatic carbocycles. The van der Waals surface area contributed by atoms with E-state index in [1.807, 2.05) is 0 Å². The zero-order valence-electron chi connectivity index (χ0n) is 16.2. The summed E-state index contributed by atoms with van der Waals surface area (Å²) in [4.78, 5) is 47.4. The van der Waals surface area contributed by atoms with Crippen molar-refractivity contribution >= 4 is 23.5 Å². The van der Waals surface area contributed by atoms with Gasteiger partial charge in [-0.1, -0.05) is 12.1 Å². The van der Waals surface area contributed by atoms with E-state index in [1.165, 1.54) is 55.6 Å². The smallest absolute Gasteiger partial charge is 0.329 e. The number of methoxy groups -OCH3 is 2. The fourth-order valence-corrected chi connectivity index (χ4v) is 2.82. The number of ether oxygens (including phenoxy) is 2. The Morgan fingerprint density at radius 3 is 2.13 bits per heavy atom. The van der Waals surface area contributed by atoms with Gasteiger partial charge in [0.1, 0.15) is 11.8 Å². The van der Waals surface area contributed by atoms with E-state index in [0.717, 1.165) is 7.11 Å².